The van der Waals surface area contributed by atoms with Crippen molar-refractivity contribution >= 4 is 11.8 Å². The third-order valence-electron chi connectivity index (χ3n) is 3.80. The SMILES string of the molecule is CC(=O)NCCNC(=O)C1(c2cccc(F)c2)CCC1. The second-order valence-corrected chi connectivity index (χ2v) is 5.18. The molecule has 0 saturated heterocycles. The Bertz CT molecular complexity index is 512. The largest absolute Gasteiger partial charge is 0.355 e. The molecule has 108 valence electrons. The van der Waals surface area contributed by atoms with Crippen molar-refractivity contribution in [1.29, 1.82) is 0 Å². The predicted octanol–water partition coefficient (Wildman–Crippen LogP) is 1.50. The summed E-state index contributed by atoms with van der Waals surface area (Å²) in [6.45, 7) is 2.22. The lowest BCUT2D eigenvalue weighted by Crippen LogP contribution is -2.50. The molecule has 1 aliphatic carbocycles. The molecule has 0 heterocycles. The smallest absolute Gasteiger partial charge is 0.230 e. The molecule has 0 unspecified atom stereocenters. The highest BCUT2D eigenvalue weighted by Crippen LogP contribution is 2.44. The van der Waals surface area contributed by atoms with E-state index in [1.807, 2.05) is 0 Å². The van der Waals surface area contributed by atoms with Gasteiger partial charge in [-0.25, -0.2) is 4.39 Å². The molecule has 1 aliphatic rings. The van der Waals surface area contributed by atoms with Crippen LogP contribution in [0.15, 0.2) is 24.3 Å². The van der Waals surface area contributed by atoms with Crippen LogP contribution in [0.1, 0.15) is 31.7 Å². The first kappa shape index (κ1) is 14.5. The maximum atomic E-state index is 13.3. The summed E-state index contributed by atoms with van der Waals surface area (Å²) in [5, 5.41) is 5.45. The van der Waals surface area contributed by atoms with Gasteiger partial charge >= 0.3 is 0 Å². The van der Waals surface area contributed by atoms with Crippen LogP contribution >= 0.6 is 0 Å². The fourth-order valence-electron chi connectivity index (χ4n) is 2.55. The Balaban J connectivity index is 2.00. The Morgan fingerprint density at radius 1 is 1.25 bits per heavy atom. The minimum atomic E-state index is -0.599. The number of nitrogens with one attached hydrogen (secondary N) is 2. The maximum absolute atomic E-state index is 13.3. The van der Waals surface area contributed by atoms with E-state index in [1.165, 1.54) is 19.1 Å². The van der Waals surface area contributed by atoms with Crippen molar-refractivity contribution in [2.45, 2.75) is 31.6 Å². The van der Waals surface area contributed by atoms with Crippen LogP contribution in [0.4, 0.5) is 4.39 Å². The molecule has 0 aliphatic heterocycles. The molecule has 2 rings (SSSR count). The first-order chi connectivity index (χ1) is 9.54. The van der Waals surface area contributed by atoms with Crippen molar-refractivity contribution in [1.82, 2.24) is 10.6 Å². The van der Waals surface area contributed by atoms with Gasteiger partial charge in [0.1, 0.15) is 5.82 Å². The predicted molar refractivity (Wildman–Crippen MR) is 73.6 cm³/mol. The Hall–Kier alpha value is -1.91. The summed E-state index contributed by atoms with van der Waals surface area (Å²) in [6, 6.07) is 6.25. The average Bonchev–Trinajstić information content (AvgIpc) is 2.33. The lowest BCUT2D eigenvalue weighted by Gasteiger charge is -2.40. The first-order valence-electron chi connectivity index (χ1n) is 6.83. The van der Waals surface area contributed by atoms with Crippen molar-refractivity contribution in [2.75, 3.05) is 13.1 Å². The number of carbonyl (C=O) groups excluding carboxylic acids is 2. The molecule has 4 nitrogen and oxygen atoms in total. The van der Waals surface area contributed by atoms with Gasteiger partial charge < -0.3 is 10.6 Å². The molecule has 20 heavy (non-hydrogen) atoms. The molecule has 2 amide bonds. The highest BCUT2D eigenvalue weighted by molar-refractivity contribution is 5.89. The summed E-state index contributed by atoms with van der Waals surface area (Å²) < 4.78 is 13.3. The van der Waals surface area contributed by atoms with E-state index in [1.54, 1.807) is 12.1 Å². The van der Waals surface area contributed by atoms with E-state index in [9.17, 15) is 14.0 Å². The molecular formula is C15H19FN2O2. The van der Waals surface area contributed by atoms with Gasteiger partial charge in [-0.1, -0.05) is 18.6 Å². The Morgan fingerprint density at radius 2 is 1.95 bits per heavy atom. The first-order valence-corrected chi connectivity index (χ1v) is 6.83. The molecule has 2 N–H and O–H groups in total. The van der Waals surface area contributed by atoms with E-state index in [2.05, 4.69) is 10.6 Å². The van der Waals surface area contributed by atoms with Crippen LogP contribution in [0.2, 0.25) is 0 Å². The molecule has 1 saturated carbocycles. The standard InChI is InChI=1S/C15H19FN2O2/c1-11(19)17-8-9-18-14(20)15(6-3-7-15)12-4-2-5-13(16)10-12/h2,4-5,10H,3,6-9H2,1H3,(H,17,19)(H,18,20). The molecule has 5 heteroatoms. The molecular weight excluding hydrogens is 259 g/mol. The fraction of sp³-hybridized carbons (Fsp3) is 0.467. The summed E-state index contributed by atoms with van der Waals surface area (Å²) in [5.74, 6) is -0.526. The van der Waals surface area contributed by atoms with Gasteiger partial charge in [-0.15, -0.1) is 0 Å². The minimum Gasteiger partial charge on any atom is -0.355 e. The van der Waals surface area contributed by atoms with Crippen LogP contribution in [-0.2, 0) is 15.0 Å². The quantitative estimate of drug-likeness (QED) is 0.802. The number of benzene rings is 1. The van der Waals surface area contributed by atoms with Gasteiger partial charge in [0.25, 0.3) is 0 Å². The van der Waals surface area contributed by atoms with Crippen LogP contribution in [-0.4, -0.2) is 24.9 Å². The van der Waals surface area contributed by atoms with E-state index in [0.29, 0.717) is 13.1 Å². The lowest BCUT2D eigenvalue weighted by molar-refractivity contribution is -0.130. The van der Waals surface area contributed by atoms with Crippen molar-refractivity contribution in [3.8, 4) is 0 Å². The molecule has 0 bridgehead atoms. The minimum absolute atomic E-state index is 0.0836. The van der Waals surface area contributed by atoms with Gasteiger partial charge in [-0.3, -0.25) is 9.59 Å². The fourth-order valence-corrected chi connectivity index (χ4v) is 2.55. The van der Waals surface area contributed by atoms with Crippen molar-refractivity contribution in [2.24, 2.45) is 0 Å². The van der Waals surface area contributed by atoms with E-state index in [4.69, 9.17) is 0 Å². The van der Waals surface area contributed by atoms with Gasteiger partial charge in [-0.2, -0.15) is 0 Å². The third-order valence-corrected chi connectivity index (χ3v) is 3.80. The number of hydrogen-bond acceptors (Lipinski definition) is 2. The zero-order valence-electron chi connectivity index (χ0n) is 11.5. The Labute approximate surface area is 117 Å². The summed E-state index contributed by atoms with van der Waals surface area (Å²) in [5.41, 5.74) is 0.138. The van der Waals surface area contributed by atoms with Crippen molar-refractivity contribution in [3.63, 3.8) is 0 Å². The number of rotatable bonds is 5. The molecule has 1 aromatic carbocycles. The monoisotopic (exact) mass is 278 g/mol. The van der Waals surface area contributed by atoms with Crippen molar-refractivity contribution in [3.05, 3.63) is 35.6 Å². The highest BCUT2D eigenvalue weighted by Gasteiger charge is 2.45. The van der Waals surface area contributed by atoms with E-state index in [0.717, 1.165) is 24.8 Å². The normalized spacial score (nSPS) is 16.1. The van der Waals surface area contributed by atoms with Crippen LogP contribution in [0.3, 0.4) is 0 Å². The van der Waals surface area contributed by atoms with E-state index in [-0.39, 0.29) is 17.6 Å². The molecule has 0 atom stereocenters. The number of hydrogen-bond donors (Lipinski definition) is 2. The summed E-state index contributed by atoms with van der Waals surface area (Å²) in [7, 11) is 0. The van der Waals surface area contributed by atoms with Gasteiger partial charge in [-0.05, 0) is 30.5 Å². The van der Waals surface area contributed by atoms with Gasteiger partial charge in [0.2, 0.25) is 11.8 Å². The van der Waals surface area contributed by atoms with Gasteiger partial charge in [0.15, 0.2) is 0 Å². The second-order valence-electron chi connectivity index (χ2n) is 5.18. The summed E-state index contributed by atoms with van der Waals surface area (Å²) in [4.78, 5) is 23.1. The van der Waals surface area contributed by atoms with Crippen LogP contribution in [0, 0.1) is 5.82 Å². The zero-order chi connectivity index (χ0) is 14.6. The van der Waals surface area contributed by atoms with E-state index < -0.39 is 5.41 Å². The van der Waals surface area contributed by atoms with E-state index >= 15 is 0 Å². The maximum Gasteiger partial charge on any atom is 0.230 e. The molecule has 1 aromatic rings. The summed E-state index contributed by atoms with van der Waals surface area (Å²) >= 11 is 0. The molecule has 0 radical (unpaired) electrons. The topological polar surface area (TPSA) is 58.2 Å². The average molecular weight is 278 g/mol. The number of halogens is 1. The third kappa shape index (κ3) is 2.98. The lowest BCUT2D eigenvalue weighted by atomic mass is 9.64. The number of amides is 2. The van der Waals surface area contributed by atoms with Crippen LogP contribution in [0.5, 0.6) is 0 Å². The van der Waals surface area contributed by atoms with Gasteiger partial charge in [0, 0.05) is 20.0 Å². The second kappa shape index (κ2) is 6.03. The number of carbonyl (C=O) groups is 2. The Morgan fingerprint density at radius 3 is 2.50 bits per heavy atom. The zero-order valence-corrected chi connectivity index (χ0v) is 11.5. The van der Waals surface area contributed by atoms with Crippen LogP contribution in [0.25, 0.3) is 0 Å². The highest BCUT2D eigenvalue weighted by atomic mass is 19.1. The van der Waals surface area contributed by atoms with Gasteiger partial charge in [0.05, 0.1) is 5.41 Å². The van der Waals surface area contributed by atoms with Crippen LogP contribution < -0.4 is 10.6 Å². The molecule has 0 aromatic heterocycles. The molecule has 0 spiro atoms. The summed E-state index contributed by atoms with van der Waals surface area (Å²) in [6.07, 6.45) is 2.44. The van der Waals surface area contributed by atoms with Crippen molar-refractivity contribution < 1.29 is 14.0 Å². The molecule has 1 fully saturated rings. The Kier molecular flexibility index (Phi) is 4.37.